The lowest BCUT2D eigenvalue weighted by Crippen LogP contribution is -2.35. The molecule has 5 heteroatoms. The summed E-state index contributed by atoms with van der Waals surface area (Å²) in [6, 6.07) is 4.40. The second kappa shape index (κ2) is 6.53. The minimum atomic E-state index is -0.447. The van der Waals surface area contributed by atoms with E-state index in [-0.39, 0.29) is 28.3 Å². The van der Waals surface area contributed by atoms with E-state index in [0.29, 0.717) is 6.54 Å². The van der Waals surface area contributed by atoms with E-state index in [4.69, 9.17) is 11.6 Å². The first-order chi connectivity index (χ1) is 8.35. The molecule has 1 amide bonds. The highest BCUT2D eigenvalue weighted by Gasteiger charge is 2.18. The van der Waals surface area contributed by atoms with Gasteiger partial charge in [0.2, 0.25) is 5.91 Å². The average molecular weight is 337 g/mol. The van der Waals surface area contributed by atoms with E-state index < -0.39 is 5.82 Å². The number of hydrogen-bond donors (Lipinski definition) is 1. The van der Waals surface area contributed by atoms with Crippen LogP contribution in [0.25, 0.3) is 0 Å². The van der Waals surface area contributed by atoms with Crippen molar-refractivity contribution < 1.29 is 9.18 Å². The van der Waals surface area contributed by atoms with Gasteiger partial charge in [-0.25, -0.2) is 4.39 Å². The largest absolute Gasteiger partial charge is 0.355 e. The molecule has 1 rings (SSSR count). The molecule has 0 fully saturated rings. The van der Waals surface area contributed by atoms with Gasteiger partial charge in [0, 0.05) is 22.5 Å². The normalized spacial score (nSPS) is 11.4. The summed E-state index contributed by atoms with van der Waals surface area (Å²) in [7, 11) is 0. The predicted octanol–water partition coefficient (Wildman–Crippen LogP) is 3.56. The molecule has 0 aliphatic rings. The zero-order chi connectivity index (χ0) is 13.8. The topological polar surface area (TPSA) is 29.1 Å². The predicted molar refractivity (Wildman–Crippen MR) is 75.7 cm³/mol. The van der Waals surface area contributed by atoms with Crippen molar-refractivity contribution in [2.24, 2.45) is 5.41 Å². The molecule has 2 nitrogen and oxygen atoms in total. The molecule has 100 valence electrons. The van der Waals surface area contributed by atoms with Crippen molar-refractivity contribution >= 4 is 33.4 Å². The first-order valence-electron chi connectivity index (χ1n) is 5.61. The molecule has 0 aromatic heterocycles. The highest BCUT2D eigenvalue weighted by Crippen LogP contribution is 2.20. The standard InChI is InChI=1S/C13H16BrClFNO/c1-13(2,7-14)8-17-12(18)6-9-10(15)4-3-5-11(9)16/h3-5H,6-8H2,1-2H3,(H,17,18). The van der Waals surface area contributed by atoms with Gasteiger partial charge in [-0.2, -0.15) is 0 Å². The van der Waals surface area contributed by atoms with E-state index in [1.807, 2.05) is 13.8 Å². The summed E-state index contributed by atoms with van der Waals surface area (Å²) in [5.41, 5.74) is 0.211. The third kappa shape index (κ3) is 4.58. The van der Waals surface area contributed by atoms with Gasteiger partial charge in [-0.05, 0) is 17.5 Å². The number of rotatable bonds is 5. The Kier molecular flexibility index (Phi) is 5.60. The molecular weight excluding hydrogens is 321 g/mol. The van der Waals surface area contributed by atoms with E-state index in [2.05, 4.69) is 21.2 Å². The van der Waals surface area contributed by atoms with Gasteiger partial charge in [-0.1, -0.05) is 47.4 Å². The Morgan fingerprint density at radius 2 is 2.17 bits per heavy atom. The van der Waals surface area contributed by atoms with Crippen LogP contribution in [0.3, 0.4) is 0 Å². The van der Waals surface area contributed by atoms with Crippen LogP contribution in [0.1, 0.15) is 19.4 Å². The summed E-state index contributed by atoms with van der Waals surface area (Å²) in [6.45, 7) is 4.58. The Hall–Kier alpha value is -0.610. The van der Waals surface area contributed by atoms with Gasteiger partial charge in [-0.3, -0.25) is 4.79 Å². The fourth-order valence-corrected chi connectivity index (χ4v) is 1.74. The fraction of sp³-hybridized carbons (Fsp3) is 0.462. The SMILES string of the molecule is CC(C)(CBr)CNC(=O)Cc1c(F)cccc1Cl. The lowest BCUT2D eigenvalue weighted by Gasteiger charge is -2.21. The highest BCUT2D eigenvalue weighted by molar-refractivity contribution is 9.09. The summed E-state index contributed by atoms with van der Waals surface area (Å²) in [6.07, 6.45) is -0.0378. The van der Waals surface area contributed by atoms with Crippen molar-refractivity contribution in [2.75, 3.05) is 11.9 Å². The van der Waals surface area contributed by atoms with Crippen LogP contribution in [0.2, 0.25) is 5.02 Å². The maximum absolute atomic E-state index is 13.5. The number of amides is 1. The third-order valence-electron chi connectivity index (χ3n) is 2.52. The van der Waals surface area contributed by atoms with Gasteiger partial charge in [-0.15, -0.1) is 0 Å². The lowest BCUT2D eigenvalue weighted by molar-refractivity contribution is -0.120. The second-order valence-corrected chi connectivity index (χ2v) is 5.92. The molecule has 0 heterocycles. The first kappa shape index (κ1) is 15.4. The van der Waals surface area contributed by atoms with E-state index >= 15 is 0 Å². The monoisotopic (exact) mass is 335 g/mol. The van der Waals surface area contributed by atoms with Gasteiger partial charge in [0.25, 0.3) is 0 Å². The van der Waals surface area contributed by atoms with Crippen LogP contribution < -0.4 is 5.32 Å². The molecule has 18 heavy (non-hydrogen) atoms. The first-order valence-corrected chi connectivity index (χ1v) is 7.11. The summed E-state index contributed by atoms with van der Waals surface area (Å²) in [5, 5.41) is 3.84. The number of carbonyl (C=O) groups excluding carboxylic acids is 1. The number of benzene rings is 1. The average Bonchev–Trinajstić information content (AvgIpc) is 2.32. The van der Waals surface area contributed by atoms with E-state index in [1.54, 1.807) is 6.07 Å². The minimum Gasteiger partial charge on any atom is -0.355 e. The van der Waals surface area contributed by atoms with Gasteiger partial charge in [0.05, 0.1) is 6.42 Å². The zero-order valence-corrected chi connectivity index (χ0v) is 12.7. The van der Waals surface area contributed by atoms with Gasteiger partial charge in [0.1, 0.15) is 5.82 Å². The maximum Gasteiger partial charge on any atom is 0.224 e. The van der Waals surface area contributed by atoms with Crippen LogP contribution in [0.15, 0.2) is 18.2 Å². The molecule has 0 aliphatic carbocycles. The smallest absolute Gasteiger partial charge is 0.224 e. The highest BCUT2D eigenvalue weighted by atomic mass is 79.9. The number of hydrogen-bond acceptors (Lipinski definition) is 1. The van der Waals surface area contributed by atoms with Crippen molar-refractivity contribution in [3.8, 4) is 0 Å². The third-order valence-corrected chi connectivity index (χ3v) is 4.40. The molecule has 1 aromatic carbocycles. The minimum absolute atomic E-state index is 0.0330. The Bertz CT molecular complexity index is 417. The molecule has 0 saturated carbocycles. The fourth-order valence-electron chi connectivity index (χ4n) is 1.31. The van der Waals surface area contributed by atoms with Gasteiger partial charge >= 0.3 is 0 Å². The molecule has 0 atom stereocenters. The van der Waals surface area contributed by atoms with Crippen LogP contribution in [0, 0.1) is 11.2 Å². The Morgan fingerprint density at radius 1 is 1.50 bits per heavy atom. The van der Waals surface area contributed by atoms with Crippen molar-refractivity contribution in [3.05, 3.63) is 34.6 Å². The lowest BCUT2D eigenvalue weighted by atomic mass is 9.97. The quantitative estimate of drug-likeness (QED) is 0.819. The van der Waals surface area contributed by atoms with Crippen molar-refractivity contribution in [2.45, 2.75) is 20.3 Å². The van der Waals surface area contributed by atoms with Crippen molar-refractivity contribution in [1.29, 1.82) is 0 Å². The van der Waals surface area contributed by atoms with Crippen molar-refractivity contribution in [3.63, 3.8) is 0 Å². The molecule has 0 unspecified atom stereocenters. The van der Waals surface area contributed by atoms with Crippen LogP contribution in [-0.2, 0) is 11.2 Å². The zero-order valence-electron chi connectivity index (χ0n) is 10.4. The van der Waals surface area contributed by atoms with Crippen LogP contribution in [0.5, 0.6) is 0 Å². The molecule has 0 bridgehead atoms. The summed E-state index contributed by atoms with van der Waals surface area (Å²) < 4.78 is 13.5. The molecule has 0 radical (unpaired) electrons. The van der Waals surface area contributed by atoms with E-state index in [9.17, 15) is 9.18 Å². The van der Waals surface area contributed by atoms with Gasteiger partial charge in [0.15, 0.2) is 0 Å². The Morgan fingerprint density at radius 3 is 2.72 bits per heavy atom. The molecule has 0 spiro atoms. The van der Waals surface area contributed by atoms with Crippen molar-refractivity contribution in [1.82, 2.24) is 5.32 Å². The second-order valence-electron chi connectivity index (χ2n) is 4.95. The maximum atomic E-state index is 13.5. The summed E-state index contributed by atoms with van der Waals surface area (Å²) in [5.74, 6) is -0.673. The van der Waals surface area contributed by atoms with E-state index in [1.165, 1.54) is 12.1 Å². The number of halogens is 3. The molecule has 0 saturated heterocycles. The Labute approximate surface area is 120 Å². The van der Waals surface area contributed by atoms with Crippen LogP contribution >= 0.6 is 27.5 Å². The summed E-state index contributed by atoms with van der Waals surface area (Å²) in [4.78, 5) is 11.7. The number of nitrogens with one attached hydrogen (secondary N) is 1. The molecule has 1 aromatic rings. The molecular formula is C13H16BrClFNO. The molecule has 0 aliphatic heterocycles. The Balaban J connectivity index is 2.61. The van der Waals surface area contributed by atoms with Crippen LogP contribution in [-0.4, -0.2) is 17.8 Å². The molecule has 1 N–H and O–H groups in total. The number of carbonyl (C=O) groups is 1. The van der Waals surface area contributed by atoms with Gasteiger partial charge < -0.3 is 5.32 Å². The van der Waals surface area contributed by atoms with Crippen LogP contribution in [0.4, 0.5) is 4.39 Å². The van der Waals surface area contributed by atoms with E-state index in [0.717, 1.165) is 5.33 Å². The summed E-state index contributed by atoms with van der Waals surface area (Å²) >= 11 is 9.24. The number of alkyl halides is 1.